The summed E-state index contributed by atoms with van der Waals surface area (Å²) in [5.74, 6) is 0. The van der Waals surface area contributed by atoms with Crippen LogP contribution in [0.2, 0.25) is 15.1 Å². The zero-order valence-electron chi connectivity index (χ0n) is 5.37. The summed E-state index contributed by atoms with van der Waals surface area (Å²) < 4.78 is 0. The van der Waals surface area contributed by atoms with E-state index in [1.54, 1.807) is 12.1 Å². The van der Waals surface area contributed by atoms with Crippen LogP contribution in [0, 0.1) is 6.07 Å². The first-order chi connectivity index (χ1) is 4.22. The average molecular weight is 285 g/mol. The predicted molar refractivity (Wildman–Crippen MR) is 46.1 cm³/mol. The van der Waals surface area contributed by atoms with E-state index in [9.17, 15) is 0 Å². The van der Waals surface area contributed by atoms with Crippen molar-refractivity contribution in [2.75, 3.05) is 0 Å². The second kappa shape index (κ2) is 6.81. The molecule has 0 aromatic heterocycles. The minimum Gasteiger partial charge on any atom is -1.00 e. The van der Waals surface area contributed by atoms with Crippen molar-refractivity contribution in [2.24, 2.45) is 0 Å². The number of hydrogen-bond donors (Lipinski definition) is 0. The van der Waals surface area contributed by atoms with Crippen molar-refractivity contribution in [2.45, 2.75) is 0 Å². The van der Waals surface area contributed by atoms with Gasteiger partial charge in [0.2, 0.25) is 0 Å². The summed E-state index contributed by atoms with van der Waals surface area (Å²) in [6, 6.07) is 5.85. The zero-order chi connectivity index (χ0) is 6.85. The largest absolute Gasteiger partial charge is 2.00 e. The van der Waals surface area contributed by atoms with E-state index in [0.29, 0.717) is 15.1 Å². The molecular weight excluding hydrogens is 283 g/mol. The Morgan fingerprint density at radius 2 is 1.36 bits per heavy atom. The molecule has 0 unspecified atom stereocenters. The smallest absolute Gasteiger partial charge is 1.00 e. The molecule has 1 aromatic carbocycles. The summed E-state index contributed by atoms with van der Waals surface area (Å²) in [4.78, 5) is 0. The molecule has 0 radical (unpaired) electrons. The number of halogens is 4. The topological polar surface area (TPSA) is 0 Å². The van der Waals surface area contributed by atoms with Crippen LogP contribution in [0.5, 0.6) is 0 Å². The Hall–Kier alpha value is 1.34. The molecule has 0 aliphatic heterocycles. The van der Waals surface area contributed by atoms with Crippen molar-refractivity contribution < 1.29 is 17.0 Å². The Balaban J connectivity index is 0. The van der Waals surface area contributed by atoms with E-state index in [2.05, 4.69) is 6.07 Å². The van der Waals surface area contributed by atoms with Gasteiger partial charge in [0.05, 0.1) is 0 Å². The first-order valence-electron chi connectivity index (χ1n) is 2.22. The molecule has 5 heteroatoms. The summed E-state index contributed by atoms with van der Waals surface area (Å²) in [6.07, 6.45) is 0. The quantitative estimate of drug-likeness (QED) is 0.359. The third-order valence-corrected chi connectivity index (χ3v) is 2.04. The van der Waals surface area contributed by atoms with E-state index in [0.717, 1.165) is 0 Å². The van der Waals surface area contributed by atoms with Crippen LogP contribution in [0.15, 0.2) is 12.1 Å². The van der Waals surface area contributed by atoms with E-state index < -0.39 is 0 Å². The van der Waals surface area contributed by atoms with Gasteiger partial charge in [0.25, 0.3) is 0 Å². The van der Waals surface area contributed by atoms with Gasteiger partial charge in [-0.3, -0.25) is 0 Å². The fourth-order valence-electron chi connectivity index (χ4n) is 0.429. The van der Waals surface area contributed by atoms with Gasteiger partial charge in [0.1, 0.15) is 0 Å². The Morgan fingerprint density at radius 1 is 1.00 bits per heavy atom. The number of rotatable bonds is 0. The minimum atomic E-state index is 0. The summed E-state index contributed by atoms with van der Waals surface area (Å²) in [6.45, 7) is 0. The van der Waals surface area contributed by atoms with E-state index >= 15 is 0 Å². The molecule has 0 fully saturated rings. The second-order valence-electron chi connectivity index (χ2n) is 1.47. The van der Waals surface area contributed by atoms with Gasteiger partial charge in [-0.1, -0.05) is 10.0 Å². The first-order valence-corrected chi connectivity index (χ1v) is 3.36. The molecule has 0 atom stereocenters. The van der Waals surface area contributed by atoms with Crippen LogP contribution in [0.3, 0.4) is 0 Å². The van der Waals surface area contributed by atoms with Crippen LogP contribution in [-0.4, -0.2) is 23.1 Å². The fraction of sp³-hybridized carbons (Fsp3) is 0. The van der Waals surface area contributed by atoms with Crippen LogP contribution >= 0.6 is 34.8 Å². The van der Waals surface area contributed by atoms with Crippen LogP contribution in [0.1, 0.15) is 0 Å². The third-order valence-electron chi connectivity index (χ3n) is 0.839. The van der Waals surface area contributed by atoms with Crippen LogP contribution in [0.4, 0.5) is 0 Å². The molecule has 0 amide bonds. The van der Waals surface area contributed by atoms with Gasteiger partial charge in [-0.15, -0.1) is 11.6 Å². The van der Waals surface area contributed by atoms with Crippen LogP contribution < -0.4 is 17.0 Å². The normalized spacial score (nSPS) is 7.91. The summed E-state index contributed by atoms with van der Waals surface area (Å²) in [7, 11) is 0. The summed E-state index contributed by atoms with van der Waals surface area (Å²) in [5, 5.41) is 1.26. The Labute approximate surface area is 107 Å². The molecule has 0 aliphatic carbocycles. The van der Waals surface area contributed by atoms with E-state index in [-0.39, 0.29) is 40.0 Å². The van der Waals surface area contributed by atoms with Gasteiger partial charge < -0.3 is 17.0 Å². The monoisotopic (exact) mass is 282 g/mol. The van der Waals surface area contributed by atoms with Gasteiger partial charge in [0.15, 0.2) is 0 Å². The van der Waals surface area contributed by atoms with Gasteiger partial charge in [-0.2, -0.15) is 41.4 Å². The summed E-state index contributed by atoms with van der Waals surface area (Å²) in [5.41, 5.74) is 0. The number of benzene rings is 1. The molecule has 0 saturated carbocycles. The van der Waals surface area contributed by atoms with Crippen molar-refractivity contribution in [3.63, 3.8) is 0 Å². The molecule has 0 heterocycles. The number of hydrogen-bond acceptors (Lipinski definition) is 0. The van der Waals surface area contributed by atoms with Crippen molar-refractivity contribution in [3.8, 4) is 0 Å². The Kier molecular flexibility index (Phi) is 9.19. The van der Waals surface area contributed by atoms with E-state index in [1.165, 1.54) is 0 Å². The van der Waals surface area contributed by atoms with Crippen molar-refractivity contribution in [3.05, 3.63) is 33.3 Å². The second-order valence-corrected chi connectivity index (χ2v) is 2.66. The fourth-order valence-corrected chi connectivity index (χ4v) is 0.916. The molecule has 11 heavy (non-hydrogen) atoms. The van der Waals surface area contributed by atoms with Crippen LogP contribution in [-0.2, 0) is 0 Å². The van der Waals surface area contributed by atoms with Gasteiger partial charge >= 0.3 is 23.1 Å². The molecule has 0 bridgehead atoms. The molecule has 0 saturated heterocycles. The van der Waals surface area contributed by atoms with Crippen molar-refractivity contribution >= 4 is 57.9 Å². The minimum absolute atomic E-state index is 0. The Bertz CT molecular complexity index is 209. The molecule has 56 valence electrons. The molecule has 0 spiro atoms. The standard InChI is InChI=1S/C6H2Cl3.BrH.Mg/c7-4-2-1-3-5(8)6(4)9;;/h2-3H;1H;/q-1;;+2/p-1. The summed E-state index contributed by atoms with van der Waals surface area (Å²) >= 11 is 16.7. The van der Waals surface area contributed by atoms with E-state index in [4.69, 9.17) is 34.8 Å². The predicted octanol–water partition coefficient (Wildman–Crippen LogP) is 0.0702. The van der Waals surface area contributed by atoms with E-state index in [1.807, 2.05) is 0 Å². The molecule has 0 aliphatic rings. The first kappa shape index (κ1) is 14.8. The zero-order valence-corrected chi connectivity index (χ0v) is 10.6. The molecule has 1 aromatic rings. The molecular formula is C6H2BrCl3Mg. The average Bonchev–Trinajstić information content (AvgIpc) is 1.83. The maximum Gasteiger partial charge on any atom is 2.00 e. The molecule has 1 rings (SSSR count). The molecule has 0 N–H and O–H groups in total. The Morgan fingerprint density at radius 3 is 1.64 bits per heavy atom. The molecule has 0 nitrogen and oxygen atoms in total. The third kappa shape index (κ3) is 4.20. The SMILES string of the molecule is Clc1c[c-]cc(Cl)c1Cl.[Br-].[Mg+2]. The maximum atomic E-state index is 5.59. The van der Waals surface area contributed by atoms with Gasteiger partial charge in [-0.05, 0) is 5.02 Å². The maximum absolute atomic E-state index is 5.59. The van der Waals surface area contributed by atoms with Gasteiger partial charge in [-0.25, -0.2) is 0 Å². The van der Waals surface area contributed by atoms with Crippen molar-refractivity contribution in [1.82, 2.24) is 0 Å². The van der Waals surface area contributed by atoms with Crippen molar-refractivity contribution in [1.29, 1.82) is 0 Å². The van der Waals surface area contributed by atoms with Crippen LogP contribution in [0.25, 0.3) is 0 Å². The van der Waals surface area contributed by atoms with Gasteiger partial charge in [0, 0.05) is 0 Å².